The lowest BCUT2D eigenvalue weighted by Gasteiger charge is -2.32. The maximum atomic E-state index is 12.6. The molecule has 2 rings (SSSR count). The smallest absolute Gasteiger partial charge is 0.456 e. The van der Waals surface area contributed by atoms with Gasteiger partial charge in [-0.1, -0.05) is 12.1 Å². The predicted octanol–water partition coefficient (Wildman–Crippen LogP) is 2.75. The first-order valence-corrected chi connectivity index (χ1v) is 8.04. The number of rotatable bonds is 3. The molecule has 130 valence electrons. The first kappa shape index (κ1) is 18.7. The largest absolute Gasteiger partial charge is 0.495 e. The van der Waals surface area contributed by atoms with Crippen LogP contribution >= 0.6 is 0 Å². The van der Waals surface area contributed by atoms with Crippen molar-refractivity contribution in [3.05, 3.63) is 29.3 Å². The monoisotopic (exact) mass is 332 g/mol. The molecule has 24 heavy (non-hydrogen) atoms. The van der Waals surface area contributed by atoms with Crippen LogP contribution in [-0.4, -0.2) is 36.2 Å². The number of ether oxygens (including phenoxy) is 1. The van der Waals surface area contributed by atoms with Crippen LogP contribution in [0.25, 0.3) is 0 Å². The second-order valence-electron chi connectivity index (χ2n) is 8.05. The molecule has 0 aliphatic carbocycles. The van der Waals surface area contributed by atoms with Gasteiger partial charge in [0.15, 0.2) is 0 Å². The Hall–Kier alpha value is -1.66. The van der Waals surface area contributed by atoms with Crippen LogP contribution in [0.4, 0.5) is 0 Å². The van der Waals surface area contributed by atoms with E-state index in [1.807, 2.05) is 27.7 Å². The van der Waals surface area contributed by atoms with Crippen molar-refractivity contribution >= 4 is 24.8 Å². The van der Waals surface area contributed by atoms with E-state index < -0.39 is 29.9 Å². The molecular weight excluding hydrogens is 307 g/mol. The van der Waals surface area contributed by atoms with Gasteiger partial charge in [0, 0.05) is 5.56 Å². The molecule has 6 heteroatoms. The molecule has 1 heterocycles. The van der Waals surface area contributed by atoms with Gasteiger partial charge >= 0.3 is 13.1 Å². The molecule has 0 spiro atoms. The minimum Gasteiger partial charge on any atom is -0.456 e. The van der Waals surface area contributed by atoms with Crippen molar-refractivity contribution < 1.29 is 23.6 Å². The minimum absolute atomic E-state index is 0.285. The molecule has 0 N–H and O–H groups in total. The normalized spacial score (nSPS) is 19.2. The molecular formula is C18H25BO5. The average Bonchev–Trinajstić information content (AvgIpc) is 2.64. The third-order valence-corrected chi connectivity index (χ3v) is 4.34. The van der Waals surface area contributed by atoms with E-state index in [1.54, 1.807) is 32.9 Å². The zero-order valence-corrected chi connectivity index (χ0v) is 15.4. The summed E-state index contributed by atoms with van der Waals surface area (Å²) in [5, 5.41) is 0. The SMILES string of the molecule is CC(C)(C)OC(=O)c1cc(C=O)ccc1B1OC(C)(C)C(C)(C)O1. The van der Waals surface area contributed by atoms with Gasteiger partial charge in [-0.15, -0.1) is 0 Å². The van der Waals surface area contributed by atoms with Crippen molar-refractivity contribution in [2.75, 3.05) is 0 Å². The highest BCUT2D eigenvalue weighted by molar-refractivity contribution is 6.63. The maximum absolute atomic E-state index is 12.6. The summed E-state index contributed by atoms with van der Waals surface area (Å²) in [6.45, 7) is 13.2. The van der Waals surface area contributed by atoms with E-state index in [-0.39, 0.29) is 5.56 Å². The predicted molar refractivity (Wildman–Crippen MR) is 92.7 cm³/mol. The van der Waals surface area contributed by atoms with Crippen molar-refractivity contribution in [1.82, 2.24) is 0 Å². The Morgan fingerprint density at radius 2 is 1.67 bits per heavy atom. The summed E-state index contributed by atoms with van der Waals surface area (Å²) in [6, 6.07) is 4.84. The quantitative estimate of drug-likeness (QED) is 0.484. The lowest BCUT2D eigenvalue weighted by Crippen LogP contribution is -2.41. The summed E-state index contributed by atoms with van der Waals surface area (Å²) >= 11 is 0. The summed E-state index contributed by atoms with van der Waals surface area (Å²) in [4.78, 5) is 23.7. The molecule has 1 saturated heterocycles. The Labute approximate surface area is 143 Å². The molecule has 1 aliphatic heterocycles. The summed E-state index contributed by atoms with van der Waals surface area (Å²) in [6.07, 6.45) is 0.696. The van der Waals surface area contributed by atoms with Crippen molar-refractivity contribution in [3.63, 3.8) is 0 Å². The molecule has 1 aromatic rings. The van der Waals surface area contributed by atoms with E-state index >= 15 is 0 Å². The van der Waals surface area contributed by atoms with E-state index in [9.17, 15) is 9.59 Å². The first-order valence-electron chi connectivity index (χ1n) is 8.04. The summed E-state index contributed by atoms with van der Waals surface area (Å²) in [5.74, 6) is -0.504. The fourth-order valence-corrected chi connectivity index (χ4v) is 2.33. The standard InChI is InChI=1S/C18H25BO5/c1-16(2,3)22-15(21)13-10-12(11-20)8-9-14(13)19-23-17(4,5)18(6,7)24-19/h8-11H,1-7H3. The van der Waals surface area contributed by atoms with Crippen molar-refractivity contribution in [3.8, 4) is 0 Å². The zero-order valence-electron chi connectivity index (χ0n) is 15.4. The number of aldehydes is 1. The van der Waals surface area contributed by atoms with Gasteiger partial charge < -0.3 is 14.0 Å². The fraction of sp³-hybridized carbons (Fsp3) is 0.556. The molecule has 0 unspecified atom stereocenters. The van der Waals surface area contributed by atoms with Gasteiger partial charge in [-0.25, -0.2) is 4.79 Å². The molecule has 0 radical (unpaired) electrons. The van der Waals surface area contributed by atoms with Gasteiger partial charge in [0.05, 0.1) is 16.8 Å². The molecule has 0 amide bonds. The van der Waals surface area contributed by atoms with E-state index in [0.29, 0.717) is 17.3 Å². The summed E-state index contributed by atoms with van der Waals surface area (Å²) < 4.78 is 17.5. The minimum atomic E-state index is -0.696. The molecule has 1 aliphatic rings. The van der Waals surface area contributed by atoms with Crippen LogP contribution in [0.3, 0.4) is 0 Å². The van der Waals surface area contributed by atoms with Crippen LogP contribution in [0.2, 0.25) is 0 Å². The van der Waals surface area contributed by atoms with Gasteiger partial charge in [-0.3, -0.25) is 4.79 Å². The number of hydrogen-bond acceptors (Lipinski definition) is 5. The second kappa shape index (κ2) is 6.01. The lowest BCUT2D eigenvalue weighted by atomic mass is 9.75. The number of hydrogen-bond donors (Lipinski definition) is 0. The highest BCUT2D eigenvalue weighted by Gasteiger charge is 2.52. The molecule has 0 bridgehead atoms. The second-order valence-corrected chi connectivity index (χ2v) is 8.05. The Balaban J connectivity index is 2.44. The van der Waals surface area contributed by atoms with Gasteiger partial charge in [-0.2, -0.15) is 0 Å². The fourth-order valence-electron chi connectivity index (χ4n) is 2.33. The Bertz CT molecular complexity index is 642. The Morgan fingerprint density at radius 1 is 1.12 bits per heavy atom. The van der Waals surface area contributed by atoms with Gasteiger partial charge in [0.1, 0.15) is 11.9 Å². The molecule has 1 fully saturated rings. The van der Waals surface area contributed by atoms with E-state index in [4.69, 9.17) is 14.0 Å². The molecule has 1 aromatic carbocycles. The maximum Gasteiger partial charge on any atom is 0.495 e. The number of carbonyl (C=O) groups is 2. The number of benzene rings is 1. The average molecular weight is 332 g/mol. The Morgan fingerprint density at radius 3 is 2.12 bits per heavy atom. The molecule has 5 nitrogen and oxygen atoms in total. The van der Waals surface area contributed by atoms with Crippen LogP contribution in [0, 0.1) is 0 Å². The van der Waals surface area contributed by atoms with Gasteiger partial charge in [0.25, 0.3) is 0 Å². The lowest BCUT2D eigenvalue weighted by molar-refractivity contribution is 0.00578. The molecule has 0 saturated carbocycles. The highest BCUT2D eigenvalue weighted by atomic mass is 16.7. The highest BCUT2D eigenvalue weighted by Crippen LogP contribution is 2.36. The van der Waals surface area contributed by atoms with Crippen LogP contribution in [0.15, 0.2) is 18.2 Å². The van der Waals surface area contributed by atoms with Gasteiger partial charge in [0.2, 0.25) is 0 Å². The van der Waals surface area contributed by atoms with Crippen LogP contribution in [0.5, 0.6) is 0 Å². The van der Waals surface area contributed by atoms with Crippen molar-refractivity contribution in [2.24, 2.45) is 0 Å². The molecule has 0 atom stereocenters. The van der Waals surface area contributed by atoms with Crippen molar-refractivity contribution in [2.45, 2.75) is 65.3 Å². The number of esters is 1. The van der Waals surface area contributed by atoms with Crippen LogP contribution in [0.1, 0.15) is 69.2 Å². The number of carbonyl (C=O) groups excluding carboxylic acids is 2. The first-order chi connectivity index (χ1) is 10.9. The topological polar surface area (TPSA) is 61.8 Å². The van der Waals surface area contributed by atoms with E-state index in [1.165, 1.54) is 6.07 Å². The van der Waals surface area contributed by atoms with E-state index in [0.717, 1.165) is 0 Å². The van der Waals surface area contributed by atoms with E-state index in [2.05, 4.69) is 0 Å². The third-order valence-electron chi connectivity index (χ3n) is 4.34. The van der Waals surface area contributed by atoms with Gasteiger partial charge in [-0.05, 0) is 60.0 Å². The molecule has 0 aromatic heterocycles. The summed E-state index contributed by atoms with van der Waals surface area (Å²) in [7, 11) is -0.696. The van der Waals surface area contributed by atoms with Crippen LogP contribution < -0.4 is 5.46 Å². The third kappa shape index (κ3) is 3.70. The van der Waals surface area contributed by atoms with Crippen LogP contribution in [-0.2, 0) is 14.0 Å². The van der Waals surface area contributed by atoms with Crippen molar-refractivity contribution in [1.29, 1.82) is 0 Å². The summed E-state index contributed by atoms with van der Waals surface area (Å²) in [5.41, 5.74) is -0.433. The Kier molecular flexibility index (Phi) is 4.68. The zero-order chi connectivity index (χ0) is 18.3.